The fraction of sp³-hybridized carbons (Fsp3) is 0.417. The molecule has 9 heteroatoms. The van der Waals surface area contributed by atoms with Crippen molar-refractivity contribution in [2.75, 3.05) is 16.8 Å². The molecule has 8 nitrogen and oxygen atoms in total. The zero-order valence-corrected chi connectivity index (χ0v) is 12.0. The van der Waals surface area contributed by atoms with Crippen LogP contribution in [0.4, 0.5) is 11.4 Å². The smallest absolute Gasteiger partial charge is 0.342 e. The van der Waals surface area contributed by atoms with E-state index in [1.807, 2.05) is 0 Å². The number of carbonyl (C=O) groups is 1. The molecule has 21 heavy (non-hydrogen) atoms. The highest BCUT2D eigenvalue weighted by atomic mass is 32.2. The number of hydrogen-bond acceptors (Lipinski definition) is 6. The summed E-state index contributed by atoms with van der Waals surface area (Å²) >= 11 is 0. The van der Waals surface area contributed by atoms with Gasteiger partial charge in [-0.05, 0) is 25.5 Å². The van der Waals surface area contributed by atoms with Crippen molar-refractivity contribution in [2.24, 2.45) is 0 Å². The second-order valence-corrected chi connectivity index (χ2v) is 7.48. The van der Waals surface area contributed by atoms with Gasteiger partial charge in [-0.25, -0.2) is 13.2 Å². The first-order chi connectivity index (χ1) is 9.64. The molecule has 2 rings (SSSR count). The molecule has 0 amide bonds. The van der Waals surface area contributed by atoms with E-state index in [0.29, 0.717) is 6.42 Å². The molecule has 2 N–H and O–H groups in total. The number of nitro groups is 1. The highest BCUT2D eigenvalue weighted by molar-refractivity contribution is 7.91. The summed E-state index contributed by atoms with van der Waals surface area (Å²) in [5.74, 6) is -1.55. The molecule has 1 aliphatic rings. The van der Waals surface area contributed by atoms with E-state index in [9.17, 15) is 23.3 Å². The molecule has 1 saturated heterocycles. The summed E-state index contributed by atoms with van der Waals surface area (Å²) in [7, 11) is -3.18. The zero-order chi connectivity index (χ0) is 15.8. The minimum absolute atomic E-state index is 0.00290. The minimum atomic E-state index is -3.18. The molecular formula is C12H14N2O6S. The molecule has 0 aromatic heterocycles. The van der Waals surface area contributed by atoms with Gasteiger partial charge in [0.05, 0.1) is 16.4 Å². The molecule has 0 radical (unpaired) electrons. The Bertz CT molecular complexity index is 714. The van der Waals surface area contributed by atoms with Gasteiger partial charge >= 0.3 is 11.7 Å². The molecule has 1 aromatic carbocycles. The van der Waals surface area contributed by atoms with Crippen molar-refractivity contribution in [3.05, 3.63) is 33.9 Å². The lowest BCUT2D eigenvalue weighted by Crippen LogP contribution is -2.36. The first-order valence-corrected chi connectivity index (χ1v) is 7.95. The highest BCUT2D eigenvalue weighted by Crippen LogP contribution is 2.34. The number of para-hydroxylation sites is 1. The molecule has 1 unspecified atom stereocenters. The maximum Gasteiger partial charge on any atom is 0.342 e. The molecule has 1 heterocycles. The number of benzene rings is 1. The number of carboxylic acids is 1. The van der Waals surface area contributed by atoms with Gasteiger partial charge in [-0.3, -0.25) is 10.1 Å². The van der Waals surface area contributed by atoms with Gasteiger partial charge < -0.3 is 10.4 Å². The molecule has 0 bridgehead atoms. The predicted octanol–water partition coefficient (Wildman–Crippen LogP) is 1.28. The van der Waals surface area contributed by atoms with Crippen LogP contribution in [0.1, 0.15) is 23.7 Å². The van der Waals surface area contributed by atoms with Crippen LogP contribution in [0.3, 0.4) is 0 Å². The number of hydrogen-bond donors (Lipinski definition) is 2. The normalized spacial score (nSPS) is 23.7. The summed E-state index contributed by atoms with van der Waals surface area (Å²) in [4.78, 5) is 21.4. The summed E-state index contributed by atoms with van der Waals surface area (Å²) in [6.07, 6.45) is 0.309. The zero-order valence-electron chi connectivity index (χ0n) is 11.2. The van der Waals surface area contributed by atoms with Gasteiger partial charge in [0.2, 0.25) is 0 Å². The van der Waals surface area contributed by atoms with Crippen LogP contribution in [0.25, 0.3) is 0 Å². The van der Waals surface area contributed by atoms with E-state index < -0.39 is 37.5 Å². The number of anilines is 1. The van der Waals surface area contributed by atoms with Gasteiger partial charge in [0.1, 0.15) is 11.3 Å². The van der Waals surface area contributed by atoms with Crippen molar-refractivity contribution >= 4 is 27.2 Å². The maximum atomic E-state index is 11.6. The lowest BCUT2D eigenvalue weighted by atomic mass is 10.0. The Morgan fingerprint density at radius 3 is 2.62 bits per heavy atom. The summed E-state index contributed by atoms with van der Waals surface area (Å²) in [6.45, 7) is 1.65. The molecule has 1 fully saturated rings. The molecule has 0 spiro atoms. The third kappa shape index (κ3) is 3.13. The van der Waals surface area contributed by atoms with Crippen molar-refractivity contribution < 1.29 is 23.2 Å². The topological polar surface area (TPSA) is 127 Å². The predicted molar refractivity (Wildman–Crippen MR) is 75.4 cm³/mol. The van der Waals surface area contributed by atoms with Crippen LogP contribution in [0.5, 0.6) is 0 Å². The maximum absolute atomic E-state index is 11.6. The Labute approximate surface area is 120 Å². The van der Waals surface area contributed by atoms with Crippen molar-refractivity contribution in [2.45, 2.75) is 18.9 Å². The Morgan fingerprint density at radius 2 is 2.14 bits per heavy atom. The average molecular weight is 314 g/mol. The number of nitrogens with one attached hydrogen (secondary N) is 1. The molecule has 0 saturated carbocycles. The molecule has 1 aromatic rings. The second-order valence-electron chi connectivity index (χ2n) is 5.29. The van der Waals surface area contributed by atoms with E-state index in [0.717, 1.165) is 6.07 Å². The van der Waals surface area contributed by atoms with Crippen LogP contribution in [0.2, 0.25) is 0 Å². The number of aromatic carboxylic acids is 1. The molecule has 0 aliphatic carbocycles. The van der Waals surface area contributed by atoms with Crippen LogP contribution in [0, 0.1) is 10.1 Å². The first kappa shape index (κ1) is 15.2. The largest absolute Gasteiger partial charge is 0.477 e. The fourth-order valence-corrected chi connectivity index (χ4v) is 4.54. The van der Waals surface area contributed by atoms with E-state index in [2.05, 4.69) is 5.32 Å². The van der Waals surface area contributed by atoms with E-state index in [-0.39, 0.29) is 17.2 Å². The van der Waals surface area contributed by atoms with E-state index in [1.165, 1.54) is 12.1 Å². The van der Waals surface area contributed by atoms with Crippen LogP contribution >= 0.6 is 0 Å². The quantitative estimate of drug-likeness (QED) is 0.633. The van der Waals surface area contributed by atoms with Gasteiger partial charge in [-0.15, -0.1) is 0 Å². The number of nitrogens with zero attached hydrogens (tertiary/aromatic N) is 1. The van der Waals surface area contributed by atoms with Gasteiger partial charge in [0.25, 0.3) is 0 Å². The lowest BCUT2D eigenvalue weighted by Gasteiger charge is -2.25. The first-order valence-electron chi connectivity index (χ1n) is 6.13. The Hall–Kier alpha value is -2.16. The third-order valence-corrected chi connectivity index (χ3v) is 5.29. The third-order valence-electron chi connectivity index (χ3n) is 3.39. The fourth-order valence-electron chi connectivity index (χ4n) is 2.45. The lowest BCUT2D eigenvalue weighted by molar-refractivity contribution is -0.384. The number of carboxylic acid groups (broad SMARTS) is 1. The van der Waals surface area contributed by atoms with Gasteiger partial charge in [0.15, 0.2) is 9.84 Å². The van der Waals surface area contributed by atoms with Crippen LogP contribution in [0.15, 0.2) is 18.2 Å². The Kier molecular flexibility index (Phi) is 3.62. The van der Waals surface area contributed by atoms with Crippen LogP contribution < -0.4 is 5.32 Å². The number of rotatable bonds is 4. The Balaban J connectivity index is 2.44. The highest BCUT2D eigenvalue weighted by Gasteiger charge is 2.40. The van der Waals surface area contributed by atoms with Crippen molar-refractivity contribution in [1.29, 1.82) is 0 Å². The summed E-state index contributed by atoms with van der Waals surface area (Å²) in [6, 6.07) is 3.89. The molecular weight excluding hydrogens is 300 g/mol. The molecule has 1 aliphatic heterocycles. The number of sulfone groups is 1. The van der Waals surface area contributed by atoms with Gasteiger partial charge in [-0.1, -0.05) is 6.07 Å². The summed E-state index contributed by atoms with van der Waals surface area (Å²) in [5, 5.41) is 23.0. The van der Waals surface area contributed by atoms with Crippen LogP contribution in [-0.2, 0) is 9.84 Å². The SMILES string of the molecule is CC1(Nc2cccc(C(=O)O)c2[N+](=O)[O-])CCS(=O)(=O)C1. The summed E-state index contributed by atoms with van der Waals surface area (Å²) < 4.78 is 23.1. The van der Waals surface area contributed by atoms with Crippen molar-refractivity contribution in [3.8, 4) is 0 Å². The monoisotopic (exact) mass is 314 g/mol. The Morgan fingerprint density at radius 1 is 1.48 bits per heavy atom. The van der Waals surface area contributed by atoms with E-state index >= 15 is 0 Å². The van der Waals surface area contributed by atoms with E-state index in [4.69, 9.17) is 5.11 Å². The van der Waals surface area contributed by atoms with Crippen molar-refractivity contribution in [3.63, 3.8) is 0 Å². The van der Waals surface area contributed by atoms with E-state index in [1.54, 1.807) is 6.92 Å². The molecule has 1 atom stereocenters. The standard InChI is InChI=1S/C12H14N2O6S/c1-12(5-6-21(19,20)7-12)13-9-4-2-3-8(11(15)16)10(9)14(17)18/h2-4,13H,5-7H2,1H3,(H,15,16). The number of nitro benzene ring substituents is 1. The second kappa shape index (κ2) is 4.99. The molecule has 114 valence electrons. The summed E-state index contributed by atoms with van der Waals surface area (Å²) in [5.41, 5.74) is -1.83. The minimum Gasteiger partial charge on any atom is -0.477 e. The van der Waals surface area contributed by atoms with Gasteiger partial charge in [0, 0.05) is 5.54 Å². The van der Waals surface area contributed by atoms with Crippen molar-refractivity contribution in [1.82, 2.24) is 0 Å². The van der Waals surface area contributed by atoms with Gasteiger partial charge in [-0.2, -0.15) is 0 Å². The van der Waals surface area contributed by atoms with Crippen LogP contribution in [-0.4, -0.2) is 41.5 Å². The average Bonchev–Trinajstić information content (AvgIpc) is 2.62.